The highest BCUT2D eigenvalue weighted by atomic mass is 79.9. The first-order valence-electron chi connectivity index (χ1n) is 9.00. The molecule has 2 atom stereocenters. The van der Waals surface area contributed by atoms with Crippen LogP contribution in [0.25, 0.3) is 11.3 Å². The van der Waals surface area contributed by atoms with Crippen LogP contribution in [-0.4, -0.2) is 58.0 Å². The van der Waals surface area contributed by atoms with Gasteiger partial charge in [0.15, 0.2) is 6.35 Å². The Morgan fingerprint density at radius 3 is 2.77 bits per heavy atom. The average Bonchev–Trinajstić information content (AvgIpc) is 2.99. The molecule has 2 aromatic heterocycles. The van der Waals surface area contributed by atoms with Crippen molar-refractivity contribution in [3.63, 3.8) is 0 Å². The standard InChI is InChI=1S/C18H21BrN6O/c19-14-9-22-17(23-15(14)12-2-1-5-21-8-12)25-11-18(26-16(25)20)10-24-6-3-13(18)4-7-24/h1-2,5,8-9,13,16H,3-4,6-7,10-11,20H2. The van der Waals surface area contributed by atoms with Gasteiger partial charge in [-0.2, -0.15) is 0 Å². The van der Waals surface area contributed by atoms with Crippen LogP contribution in [-0.2, 0) is 4.74 Å². The molecule has 4 aliphatic rings. The van der Waals surface area contributed by atoms with Gasteiger partial charge in [-0.25, -0.2) is 9.97 Å². The van der Waals surface area contributed by atoms with E-state index in [0.29, 0.717) is 11.9 Å². The summed E-state index contributed by atoms with van der Waals surface area (Å²) in [5.74, 6) is 1.17. The third-order valence-corrected chi connectivity index (χ3v) is 6.43. The van der Waals surface area contributed by atoms with Crippen LogP contribution in [0.15, 0.2) is 35.2 Å². The van der Waals surface area contributed by atoms with Crippen molar-refractivity contribution in [3.05, 3.63) is 35.2 Å². The van der Waals surface area contributed by atoms with Gasteiger partial charge in [-0.15, -0.1) is 0 Å². The fourth-order valence-corrected chi connectivity index (χ4v) is 4.96. The molecular weight excluding hydrogens is 396 g/mol. The minimum atomic E-state index is -0.515. The third kappa shape index (κ3) is 2.63. The zero-order chi connectivity index (χ0) is 17.7. The third-order valence-electron chi connectivity index (χ3n) is 5.85. The number of piperidine rings is 3. The van der Waals surface area contributed by atoms with Crippen LogP contribution in [0.2, 0.25) is 0 Å². The molecule has 2 aromatic rings. The number of hydrogen-bond donors (Lipinski definition) is 1. The minimum absolute atomic E-state index is 0.194. The van der Waals surface area contributed by atoms with E-state index in [-0.39, 0.29) is 5.60 Å². The van der Waals surface area contributed by atoms with E-state index in [1.807, 2.05) is 17.0 Å². The lowest BCUT2D eigenvalue weighted by Gasteiger charge is -2.50. The van der Waals surface area contributed by atoms with Gasteiger partial charge < -0.3 is 9.64 Å². The fourth-order valence-electron chi connectivity index (χ4n) is 4.54. The largest absolute Gasteiger partial charge is 0.335 e. The van der Waals surface area contributed by atoms with Crippen molar-refractivity contribution in [1.29, 1.82) is 0 Å². The lowest BCUT2D eigenvalue weighted by Crippen LogP contribution is -2.61. The molecule has 4 aliphatic heterocycles. The van der Waals surface area contributed by atoms with Gasteiger partial charge in [0.2, 0.25) is 5.95 Å². The molecule has 2 unspecified atom stereocenters. The van der Waals surface area contributed by atoms with E-state index >= 15 is 0 Å². The summed E-state index contributed by atoms with van der Waals surface area (Å²) in [5.41, 5.74) is 7.91. The number of halogens is 1. The summed E-state index contributed by atoms with van der Waals surface area (Å²) in [7, 11) is 0. The summed E-state index contributed by atoms with van der Waals surface area (Å²) in [6.07, 6.45) is 7.18. The molecule has 0 aromatic carbocycles. The number of hydrogen-bond acceptors (Lipinski definition) is 7. The average molecular weight is 417 g/mol. The number of fused-ring (bicyclic) bond motifs is 2. The highest BCUT2D eigenvalue weighted by molar-refractivity contribution is 9.10. The number of nitrogens with two attached hydrogens (primary N) is 1. The summed E-state index contributed by atoms with van der Waals surface area (Å²) in [6.45, 7) is 4.03. The molecule has 136 valence electrons. The summed E-state index contributed by atoms with van der Waals surface area (Å²) in [5, 5.41) is 0. The van der Waals surface area contributed by atoms with E-state index < -0.39 is 6.35 Å². The summed E-state index contributed by atoms with van der Waals surface area (Å²) >= 11 is 3.55. The molecular formula is C18H21BrN6O. The summed E-state index contributed by atoms with van der Waals surface area (Å²) < 4.78 is 7.16. The summed E-state index contributed by atoms with van der Waals surface area (Å²) in [4.78, 5) is 17.9. The van der Waals surface area contributed by atoms with E-state index in [9.17, 15) is 0 Å². The Morgan fingerprint density at radius 2 is 2.08 bits per heavy atom. The van der Waals surface area contributed by atoms with E-state index in [4.69, 9.17) is 15.5 Å². The number of anilines is 1. The Bertz CT molecular complexity index is 813. The second-order valence-electron chi connectivity index (χ2n) is 7.36. The van der Waals surface area contributed by atoms with Gasteiger partial charge in [0.05, 0.1) is 16.7 Å². The zero-order valence-corrected chi connectivity index (χ0v) is 16.0. The molecule has 8 heteroatoms. The number of rotatable bonds is 2. The van der Waals surface area contributed by atoms with Gasteiger partial charge in [0, 0.05) is 30.7 Å². The lowest BCUT2D eigenvalue weighted by atomic mass is 9.75. The molecule has 0 saturated carbocycles. The zero-order valence-electron chi connectivity index (χ0n) is 14.4. The predicted octanol–water partition coefficient (Wildman–Crippen LogP) is 1.84. The summed E-state index contributed by atoms with van der Waals surface area (Å²) in [6, 6.07) is 3.88. The van der Waals surface area contributed by atoms with Crippen molar-refractivity contribution >= 4 is 21.9 Å². The maximum Gasteiger partial charge on any atom is 0.229 e. The molecule has 0 aliphatic carbocycles. The first-order valence-corrected chi connectivity index (χ1v) is 9.79. The van der Waals surface area contributed by atoms with Crippen LogP contribution >= 0.6 is 15.9 Å². The Morgan fingerprint density at radius 1 is 1.23 bits per heavy atom. The molecule has 4 saturated heterocycles. The predicted molar refractivity (Wildman–Crippen MR) is 101 cm³/mol. The Balaban J connectivity index is 1.47. The first-order chi connectivity index (χ1) is 12.6. The van der Waals surface area contributed by atoms with Crippen LogP contribution in [0, 0.1) is 5.92 Å². The van der Waals surface area contributed by atoms with Crippen LogP contribution in [0.1, 0.15) is 12.8 Å². The van der Waals surface area contributed by atoms with E-state index in [2.05, 4.69) is 30.8 Å². The quantitative estimate of drug-likeness (QED) is 0.799. The van der Waals surface area contributed by atoms with Gasteiger partial charge in [0.25, 0.3) is 0 Å². The van der Waals surface area contributed by atoms with Gasteiger partial charge in [0.1, 0.15) is 5.60 Å². The van der Waals surface area contributed by atoms with Crippen LogP contribution < -0.4 is 10.6 Å². The van der Waals surface area contributed by atoms with Crippen molar-refractivity contribution in [1.82, 2.24) is 19.9 Å². The molecule has 0 amide bonds. The Kier molecular flexibility index (Phi) is 3.97. The molecule has 6 rings (SSSR count). The lowest BCUT2D eigenvalue weighted by molar-refractivity contribution is -0.137. The van der Waals surface area contributed by atoms with E-state index in [0.717, 1.165) is 28.8 Å². The maximum atomic E-state index is 6.36. The van der Waals surface area contributed by atoms with Crippen LogP contribution in [0.3, 0.4) is 0 Å². The number of pyridine rings is 1. The van der Waals surface area contributed by atoms with Crippen LogP contribution in [0.4, 0.5) is 5.95 Å². The maximum absolute atomic E-state index is 6.36. The number of ether oxygens (including phenoxy) is 1. The Labute approximate surface area is 160 Å². The monoisotopic (exact) mass is 416 g/mol. The molecule has 0 radical (unpaired) electrons. The van der Waals surface area contributed by atoms with Crippen molar-refractivity contribution in [2.45, 2.75) is 24.8 Å². The number of aromatic nitrogens is 3. The Hall–Kier alpha value is -1.61. The van der Waals surface area contributed by atoms with Gasteiger partial charge in [-0.1, -0.05) is 0 Å². The van der Waals surface area contributed by atoms with Crippen molar-refractivity contribution in [2.75, 3.05) is 31.1 Å². The SMILES string of the molecule is NC1OC2(CN3CCC2CC3)CN1c1ncc(Br)c(-c2cccnc2)n1. The van der Waals surface area contributed by atoms with Crippen molar-refractivity contribution in [2.24, 2.45) is 11.7 Å². The molecule has 2 N–H and O–H groups in total. The second kappa shape index (κ2) is 6.23. The molecule has 6 heterocycles. The van der Waals surface area contributed by atoms with Crippen LogP contribution in [0.5, 0.6) is 0 Å². The number of nitrogens with zero attached hydrogens (tertiary/aromatic N) is 5. The topological polar surface area (TPSA) is 80.4 Å². The fraction of sp³-hybridized carbons (Fsp3) is 0.500. The molecule has 4 fully saturated rings. The molecule has 26 heavy (non-hydrogen) atoms. The van der Waals surface area contributed by atoms with E-state index in [1.165, 1.54) is 25.9 Å². The highest BCUT2D eigenvalue weighted by Gasteiger charge is 2.54. The van der Waals surface area contributed by atoms with Gasteiger partial charge >= 0.3 is 0 Å². The highest BCUT2D eigenvalue weighted by Crippen LogP contribution is 2.43. The van der Waals surface area contributed by atoms with Crippen molar-refractivity contribution < 1.29 is 4.74 Å². The smallest absolute Gasteiger partial charge is 0.229 e. The molecule has 2 bridgehead atoms. The van der Waals surface area contributed by atoms with Crippen molar-refractivity contribution in [3.8, 4) is 11.3 Å². The first kappa shape index (κ1) is 16.6. The van der Waals surface area contributed by atoms with E-state index in [1.54, 1.807) is 18.6 Å². The molecule has 7 nitrogen and oxygen atoms in total. The second-order valence-corrected chi connectivity index (χ2v) is 8.21. The normalized spacial score (nSPS) is 33.2. The molecule has 1 spiro atoms. The minimum Gasteiger partial charge on any atom is -0.335 e. The van der Waals surface area contributed by atoms with Gasteiger partial charge in [-0.05, 0) is 59.9 Å². The van der Waals surface area contributed by atoms with Gasteiger partial charge in [-0.3, -0.25) is 15.6 Å².